The molecule has 0 bridgehead atoms. The van der Waals surface area contributed by atoms with E-state index < -0.39 is 11.9 Å². The first kappa shape index (κ1) is 13.9. The molecule has 0 unspecified atom stereocenters. The van der Waals surface area contributed by atoms with Gasteiger partial charge in [-0.1, -0.05) is 6.07 Å². The molecule has 0 spiro atoms. The molecule has 5 heteroatoms. The van der Waals surface area contributed by atoms with Gasteiger partial charge in [-0.2, -0.15) is 0 Å². The second-order valence-corrected chi connectivity index (χ2v) is 3.90. The highest BCUT2D eigenvalue weighted by Gasteiger charge is 2.13. The van der Waals surface area contributed by atoms with Gasteiger partial charge in [0.1, 0.15) is 5.78 Å². The Morgan fingerprint density at radius 1 is 1.28 bits per heavy atom. The van der Waals surface area contributed by atoms with Gasteiger partial charge in [0, 0.05) is 5.69 Å². The number of esters is 1. The summed E-state index contributed by atoms with van der Waals surface area (Å²) in [5.41, 5.74) is 1.50. The van der Waals surface area contributed by atoms with E-state index in [2.05, 4.69) is 10.1 Å². The van der Waals surface area contributed by atoms with E-state index in [0.29, 0.717) is 16.8 Å². The molecule has 0 aliphatic carbocycles. The molecule has 1 amide bonds. The van der Waals surface area contributed by atoms with Crippen LogP contribution in [0.1, 0.15) is 29.3 Å². The summed E-state index contributed by atoms with van der Waals surface area (Å²) in [6.07, 6.45) is -0.179. The Hall–Kier alpha value is -2.17. The molecule has 5 nitrogen and oxygen atoms in total. The van der Waals surface area contributed by atoms with Crippen molar-refractivity contribution in [3.63, 3.8) is 0 Å². The topological polar surface area (TPSA) is 72.5 Å². The largest absolute Gasteiger partial charge is 0.465 e. The predicted octanol–water partition coefficient (Wildman–Crippen LogP) is 1.70. The average Bonchev–Trinajstić information content (AvgIpc) is 2.30. The Morgan fingerprint density at radius 2 is 1.94 bits per heavy atom. The molecule has 0 saturated carbocycles. The molecule has 96 valence electrons. The molecular weight excluding hydrogens is 234 g/mol. The fraction of sp³-hybridized carbons (Fsp3) is 0.308. The Morgan fingerprint density at radius 3 is 2.50 bits per heavy atom. The predicted molar refractivity (Wildman–Crippen MR) is 66.4 cm³/mol. The van der Waals surface area contributed by atoms with Crippen LogP contribution in [0, 0.1) is 6.92 Å². The fourth-order valence-corrected chi connectivity index (χ4v) is 1.52. The lowest BCUT2D eigenvalue weighted by atomic mass is 10.1. The Balaban J connectivity index is 2.94. The van der Waals surface area contributed by atoms with E-state index in [4.69, 9.17) is 0 Å². The maximum absolute atomic E-state index is 11.5. The lowest BCUT2D eigenvalue weighted by Crippen LogP contribution is -2.16. The number of anilines is 1. The fourth-order valence-electron chi connectivity index (χ4n) is 1.52. The van der Waals surface area contributed by atoms with Crippen molar-refractivity contribution >= 4 is 23.3 Å². The van der Waals surface area contributed by atoms with Gasteiger partial charge < -0.3 is 10.1 Å². The zero-order valence-electron chi connectivity index (χ0n) is 10.6. The maximum atomic E-state index is 11.5. The molecule has 1 rings (SSSR count). The summed E-state index contributed by atoms with van der Waals surface area (Å²) in [5.74, 6) is -1.07. The van der Waals surface area contributed by atoms with Crippen LogP contribution in [0.5, 0.6) is 0 Å². The molecule has 0 aromatic heterocycles. The van der Waals surface area contributed by atoms with Crippen molar-refractivity contribution in [1.29, 1.82) is 0 Å². The van der Waals surface area contributed by atoms with E-state index in [9.17, 15) is 14.4 Å². The smallest absolute Gasteiger partial charge is 0.338 e. The van der Waals surface area contributed by atoms with Crippen molar-refractivity contribution < 1.29 is 19.1 Å². The third-order valence-electron chi connectivity index (χ3n) is 2.42. The van der Waals surface area contributed by atoms with E-state index in [0.717, 1.165) is 0 Å². The Bertz CT molecular complexity index is 494. The molecule has 0 atom stereocenters. The average molecular weight is 249 g/mol. The SMILES string of the molecule is COC(=O)c1cccc(NC(=O)CC(C)=O)c1C. The van der Waals surface area contributed by atoms with Crippen molar-refractivity contribution in [1.82, 2.24) is 0 Å². The maximum Gasteiger partial charge on any atom is 0.338 e. The summed E-state index contributed by atoms with van der Waals surface area (Å²) >= 11 is 0. The lowest BCUT2D eigenvalue weighted by molar-refractivity contribution is -0.124. The zero-order valence-corrected chi connectivity index (χ0v) is 10.6. The van der Waals surface area contributed by atoms with Crippen LogP contribution in [0.25, 0.3) is 0 Å². The molecule has 0 fully saturated rings. The molecule has 1 aromatic carbocycles. The molecule has 1 N–H and O–H groups in total. The molecule has 0 aliphatic heterocycles. The van der Waals surface area contributed by atoms with E-state index in [1.165, 1.54) is 14.0 Å². The second kappa shape index (κ2) is 5.95. The molecule has 0 aliphatic rings. The van der Waals surface area contributed by atoms with Crippen molar-refractivity contribution in [2.45, 2.75) is 20.3 Å². The summed E-state index contributed by atoms with van der Waals surface area (Å²) in [6.45, 7) is 3.05. The number of ketones is 1. The lowest BCUT2D eigenvalue weighted by Gasteiger charge is -2.10. The molecule has 0 heterocycles. The highest BCUT2D eigenvalue weighted by molar-refractivity contribution is 6.04. The number of methoxy groups -OCH3 is 1. The first-order valence-electron chi connectivity index (χ1n) is 5.43. The third kappa shape index (κ3) is 3.41. The van der Waals surface area contributed by atoms with Crippen LogP contribution in [0.3, 0.4) is 0 Å². The Labute approximate surface area is 105 Å². The van der Waals surface area contributed by atoms with Gasteiger partial charge in [0.25, 0.3) is 0 Å². The minimum Gasteiger partial charge on any atom is -0.465 e. The number of hydrogen-bond donors (Lipinski definition) is 1. The van der Waals surface area contributed by atoms with Crippen LogP contribution in [0.2, 0.25) is 0 Å². The van der Waals surface area contributed by atoms with Crippen LogP contribution >= 0.6 is 0 Å². The summed E-state index contributed by atoms with van der Waals surface area (Å²) in [5, 5.41) is 2.59. The number of Topliss-reactive ketones (excluding diaryl/α,β-unsaturated/α-hetero) is 1. The van der Waals surface area contributed by atoms with Crippen LogP contribution < -0.4 is 5.32 Å². The standard InChI is InChI=1S/C13H15NO4/c1-8(15)7-12(16)14-11-6-4-5-10(9(11)2)13(17)18-3/h4-6H,7H2,1-3H3,(H,14,16). The monoisotopic (exact) mass is 249 g/mol. The van der Waals surface area contributed by atoms with E-state index in [1.54, 1.807) is 25.1 Å². The zero-order chi connectivity index (χ0) is 13.7. The molecule has 0 radical (unpaired) electrons. The Kier molecular flexibility index (Phi) is 4.59. The van der Waals surface area contributed by atoms with Gasteiger partial charge in [0.2, 0.25) is 5.91 Å². The first-order valence-corrected chi connectivity index (χ1v) is 5.43. The van der Waals surface area contributed by atoms with Gasteiger partial charge in [-0.3, -0.25) is 9.59 Å². The molecule has 1 aromatic rings. The normalized spacial score (nSPS) is 9.72. The summed E-state index contributed by atoms with van der Waals surface area (Å²) in [4.78, 5) is 33.8. The van der Waals surface area contributed by atoms with Gasteiger partial charge in [-0.05, 0) is 31.5 Å². The summed E-state index contributed by atoms with van der Waals surface area (Å²) < 4.78 is 4.64. The van der Waals surface area contributed by atoms with Crippen molar-refractivity contribution in [3.05, 3.63) is 29.3 Å². The van der Waals surface area contributed by atoms with E-state index in [1.807, 2.05) is 0 Å². The van der Waals surface area contributed by atoms with Crippen molar-refractivity contribution in [3.8, 4) is 0 Å². The number of carbonyl (C=O) groups excluding carboxylic acids is 3. The van der Waals surface area contributed by atoms with Crippen LogP contribution in [0.4, 0.5) is 5.69 Å². The molecular formula is C13H15NO4. The van der Waals surface area contributed by atoms with Gasteiger partial charge >= 0.3 is 5.97 Å². The number of hydrogen-bond acceptors (Lipinski definition) is 4. The van der Waals surface area contributed by atoms with Gasteiger partial charge in [0.05, 0.1) is 19.1 Å². The number of benzene rings is 1. The number of nitrogens with one attached hydrogen (secondary N) is 1. The quantitative estimate of drug-likeness (QED) is 0.651. The molecule has 0 saturated heterocycles. The van der Waals surface area contributed by atoms with Crippen LogP contribution in [-0.2, 0) is 14.3 Å². The van der Waals surface area contributed by atoms with E-state index >= 15 is 0 Å². The number of amides is 1. The van der Waals surface area contributed by atoms with E-state index in [-0.39, 0.29) is 12.2 Å². The van der Waals surface area contributed by atoms with Gasteiger partial charge in [-0.15, -0.1) is 0 Å². The minimum atomic E-state index is -0.463. The number of ether oxygens (including phenoxy) is 1. The second-order valence-electron chi connectivity index (χ2n) is 3.90. The van der Waals surface area contributed by atoms with Crippen molar-refractivity contribution in [2.75, 3.05) is 12.4 Å². The summed E-state index contributed by atoms with van der Waals surface area (Å²) in [7, 11) is 1.29. The first-order chi connectivity index (χ1) is 8.45. The summed E-state index contributed by atoms with van der Waals surface area (Å²) in [6, 6.07) is 4.92. The minimum absolute atomic E-state index is 0.179. The number of rotatable bonds is 4. The molecule has 18 heavy (non-hydrogen) atoms. The van der Waals surface area contributed by atoms with Crippen molar-refractivity contribution in [2.24, 2.45) is 0 Å². The van der Waals surface area contributed by atoms with Gasteiger partial charge in [0.15, 0.2) is 0 Å². The van der Waals surface area contributed by atoms with Crippen LogP contribution in [-0.4, -0.2) is 24.8 Å². The number of carbonyl (C=O) groups is 3. The highest BCUT2D eigenvalue weighted by atomic mass is 16.5. The third-order valence-corrected chi connectivity index (χ3v) is 2.42. The highest BCUT2D eigenvalue weighted by Crippen LogP contribution is 2.19. The van der Waals surface area contributed by atoms with Crippen LogP contribution in [0.15, 0.2) is 18.2 Å². The van der Waals surface area contributed by atoms with Gasteiger partial charge in [-0.25, -0.2) is 4.79 Å².